The van der Waals surface area contributed by atoms with E-state index in [1.54, 1.807) is 7.11 Å². The number of rotatable bonds is 7. The van der Waals surface area contributed by atoms with E-state index in [0.29, 0.717) is 25.7 Å². The van der Waals surface area contributed by atoms with E-state index in [2.05, 4.69) is 5.32 Å². The van der Waals surface area contributed by atoms with Crippen LogP contribution in [0.15, 0.2) is 0 Å². The van der Waals surface area contributed by atoms with Gasteiger partial charge in [0.05, 0.1) is 31.2 Å². The molecule has 1 aliphatic heterocycles. The summed E-state index contributed by atoms with van der Waals surface area (Å²) in [5.41, 5.74) is 3.94. The number of methoxy groups -OCH3 is 1. The molecular weight excluding hydrogens is 266 g/mol. The van der Waals surface area contributed by atoms with Crippen molar-refractivity contribution in [2.75, 3.05) is 33.5 Å². The maximum Gasteiger partial charge on any atom is 0.131 e. The highest BCUT2D eigenvalue weighted by Gasteiger charge is 2.27. The highest BCUT2D eigenvalue weighted by Crippen LogP contribution is 2.38. The summed E-state index contributed by atoms with van der Waals surface area (Å²) in [5.74, 6) is 1.62. The van der Waals surface area contributed by atoms with Crippen molar-refractivity contribution < 1.29 is 9.47 Å². The van der Waals surface area contributed by atoms with Crippen LogP contribution >= 0.6 is 0 Å². The normalized spacial score (nSPS) is 18.3. The summed E-state index contributed by atoms with van der Waals surface area (Å²) >= 11 is 0. The summed E-state index contributed by atoms with van der Waals surface area (Å²) in [4.78, 5) is 9.63. The Morgan fingerprint density at radius 2 is 2.10 bits per heavy atom. The zero-order chi connectivity index (χ0) is 14.5. The van der Waals surface area contributed by atoms with Crippen LogP contribution in [0.2, 0.25) is 0 Å². The summed E-state index contributed by atoms with van der Waals surface area (Å²) in [6.07, 6.45) is 5.73. The van der Waals surface area contributed by atoms with Crippen LogP contribution < -0.4 is 5.32 Å². The van der Waals surface area contributed by atoms with Crippen LogP contribution in [0.4, 0.5) is 0 Å². The van der Waals surface area contributed by atoms with Gasteiger partial charge in [0.2, 0.25) is 0 Å². The van der Waals surface area contributed by atoms with E-state index in [-0.39, 0.29) is 0 Å². The first-order valence-corrected chi connectivity index (χ1v) is 8.04. The van der Waals surface area contributed by atoms with Crippen molar-refractivity contribution in [3.8, 4) is 0 Å². The standard InChI is InChI=1S/C16H25N3O2/c1-20-9-10-21-8-6-15-18-14-5-7-17-11-13(14)16(19-15)12-3-2-4-12/h12,17H,2-11H2,1H3. The largest absolute Gasteiger partial charge is 0.382 e. The molecule has 1 saturated carbocycles. The lowest BCUT2D eigenvalue weighted by atomic mass is 9.80. The smallest absolute Gasteiger partial charge is 0.131 e. The lowest BCUT2D eigenvalue weighted by molar-refractivity contribution is 0.0716. The first-order valence-electron chi connectivity index (χ1n) is 8.04. The molecule has 5 nitrogen and oxygen atoms in total. The van der Waals surface area contributed by atoms with Crippen LogP contribution in [0.5, 0.6) is 0 Å². The zero-order valence-electron chi connectivity index (χ0n) is 12.9. The topological polar surface area (TPSA) is 56.3 Å². The van der Waals surface area contributed by atoms with E-state index >= 15 is 0 Å². The molecule has 0 spiro atoms. The third kappa shape index (κ3) is 3.59. The molecule has 0 bridgehead atoms. The molecule has 5 heteroatoms. The van der Waals surface area contributed by atoms with Gasteiger partial charge in [-0.1, -0.05) is 6.42 Å². The molecule has 0 amide bonds. The fourth-order valence-electron chi connectivity index (χ4n) is 2.96. The Kier molecular flexibility index (Phi) is 5.17. The Morgan fingerprint density at radius 1 is 1.19 bits per heavy atom. The summed E-state index contributed by atoms with van der Waals surface area (Å²) in [5, 5.41) is 3.45. The quantitative estimate of drug-likeness (QED) is 0.773. The summed E-state index contributed by atoms with van der Waals surface area (Å²) in [7, 11) is 1.69. The van der Waals surface area contributed by atoms with Gasteiger partial charge in [0, 0.05) is 44.5 Å². The van der Waals surface area contributed by atoms with Crippen molar-refractivity contribution in [2.24, 2.45) is 0 Å². The summed E-state index contributed by atoms with van der Waals surface area (Å²) in [6.45, 7) is 3.92. The Hall–Kier alpha value is -1.04. The van der Waals surface area contributed by atoms with Gasteiger partial charge in [0.1, 0.15) is 5.82 Å². The number of nitrogens with zero attached hydrogens (tertiary/aromatic N) is 2. The van der Waals surface area contributed by atoms with E-state index in [1.807, 2.05) is 0 Å². The molecule has 0 radical (unpaired) electrons. The van der Waals surface area contributed by atoms with Crippen molar-refractivity contribution in [2.45, 2.75) is 44.6 Å². The van der Waals surface area contributed by atoms with Crippen LogP contribution in [0.1, 0.15) is 48.0 Å². The second kappa shape index (κ2) is 7.29. The minimum atomic E-state index is 0.640. The van der Waals surface area contributed by atoms with Gasteiger partial charge in [-0.15, -0.1) is 0 Å². The van der Waals surface area contributed by atoms with Crippen LogP contribution in [-0.2, 0) is 28.9 Å². The van der Waals surface area contributed by atoms with Gasteiger partial charge in [-0.05, 0) is 12.8 Å². The predicted octanol–water partition coefficient (Wildman–Crippen LogP) is 1.60. The average Bonchev–Trinajstić information content (AvgIpc) is 2.45. The number of aromatic nitrogens is 2. The highest BCUT2D eigenvalue weighted by molar-refractivity contribution is 5.31. The maximum absolute atomic E-state index is 5.55. The summed E-state index contributed by atoms with van der Waals surface area (Å²) in [6, 6.07) is 0. The molecule has 116 valence electrons. The van der Waals surface area contributed by atoms with Gasteiger partial charge in [0.25, 0.3) is 0 Å². The molecule has 0 aromatic carbocycles. The highest BCUT2D eigenvalue weighted by atomic mass is 16.5. The summed E-state index contributed by atoms with van der Waals surface area (Å²) < 4.78 is 10.5. The molecule has 1 aromatic heterocycles. The Labute approximate surface area is 126 Å². The third-order valence-corrected chi connectivity index (χ3v) is 4.41. The molecule has 1 N–H and O–H groups in total. The Morgan fingerprint density at radius 3 is 2.86 bits per heavy atom. The van der Waals surface area contributed by atoms with E-state index in [4.69, 9.17) is 19.4 Å². The van der Waals surface area contributed by atoms with Crippen molar-refractivity contribution in [3.63, 3.8) is 0 Å². The average molecular weight is 291 g/mol. The molecule has 1 fully saturated rings. The van der Waals surface area contributed by atoms with Crippen molar-refractivity contribution in [3.05, 3.63) is 22.8 Å². The number of fused-ring (bicyclic) bond motifs is 1. The zero-order valence-corrected chi connectivity index (χ0v) is 12.9. The second-order valence-electron chi connectivity index (χ2n) is 5.86. The first kappa shape index (κ1) is 14.9. The van der Waals surface area contributed by atoms with E-state index in [0.717, 1.165) is 31.8 Å². The van der Waals surface area contributed by atoms with Gasteiger partial charge < -0.3 is 14.8 Å². The molecule has 21 heavy (non-hydrogen) atoms. The number of hydrogen-bond acceptors (Lipinski definition) is 5. The molecule has 1 aliphatic carbocycles. The van der Waals surface area contributed by atoms with Gasteiger partial charge in [0.15, 0.2) is 0 Å². The molecule has 1 aromatic rings. The molecule has 0 saturated heterocycles. The lowest BCUT2D eigenvalue weighted by Gasteiger charge is -2.29. The van der Waals surface area contributed by atoms with E-state index in [1.165, 1.54) is 36.2 Å². The molecular formula is C16H25N3O2. The SMILES string of the molecule is COCCOCCc1nc2c(c(C3CCC3)n1)CNCC2. The fraction of sp³-hybridized carbons (Fsp3) is 0.750. The van der Waals surface area contributed by atoms with Crippen LogP contribution in [0.25, 0.3) is 0 Å². The van der Waals surface area contributed by atoms with Crippen molar-refractivity contribution in [1.29, 1.82) is 0 Å². The number of hydrogen-bond donors (Lipinski definition) is 1. The second-order valence-corrected chi connectivity index (χ2v) is 5.86. The molecule has 0 unspecified atom stereocenters. The third-order valence-electron chi connectivity index (χ3n) is 4.41. The number of nitrogens with one attached hydrogen (secondary N) is 1. The molecule has 3 rings (SSSR count). The van der Waals surface area contributed by atoms with Gasteiger partial charge in [-0.2, -0.15) is 0 Å². The van der Waals surface area contributed by atoms with Crippen molar-refractivity contribution in [1.82, 2.24) is 15.3 Å². The monoisotopic (exact) mass is 291 g/mol. The lowest BCUT2D eigenvalue weighted by Crippen LogP contribution is -2.29. The Bertz CT molecular complexity index is 475. The first-order chi connectivity index (χ1) is 10.4. The van der Waals surface area contributed by atoms with E-state index in [9.17, 15) is 0 Å². The minimum absolute atomic E-state index is 0.640. The van der Waals surface area contributed by atoms with Crippen LogP contribution in [-0.4, -0.2) is 43.4 Å². The van der Waals surface area contributed by atoms with Crippen molar-refractivity contribution >= 4 is 0 Å². The molecule has 2 aliphatic rings. The van der Waals surface area contributed by atoms with E-state index < -0.39 is 0 Å². The Balaban J connectivity index is 1.68. The van der Waals surface area contributed by atoms with Crippen LogP contribution in [0.3, 0.4) is 0 Å². The fourth-order valence-corrected chi connectivity index (χ4v) is 2.96. The number of ether oxygens (including phenoxy) is 2. The predicted molar refractivity (Wildman–Crippen MR) is 80.4 cm³/mol. The maximum atomic E-state index is 5.55. The minimum Gasteiger partial charge on any atom is -0.382 e. The van der Waals surface area contributed by atoms with Gasteiger partial charge >= 0.3 is 0 Å². The van der Waals surface area contributed by atoms with Gasteiger partial charge in [-0.25, -0.2) is 9.97 Å². The molecule has 0 atom stereocenters. The molecule has 2 heterocycles. The van der Waals surface area contributed by atoms with Gasteiger partial charge in [-0.3, -0.25) is 0 Å². The van der Waals surface area contributed by atoms with Crippen LogP contribution in [0, 0.1) is 0 Å².